The van der Waals surface area contributed by atoms with Crippen molar-refractivity contribution in [3.63, 3.8) is 0 Å². The van der Waals surface area contributed by atoms with Gasteiger partial charge in [0.2, 0.25) is 5.95 Å². The Kier molecular flexibility index (Phi) is 5.43. The third kappa shape index (κ3) is 4.12. The number of fused-ring (bicyclic) bond motifs is 1. The molecular weight excluding hydrogens is 414 g/mol. The highest BCUT2D eigenvalue weighted by Gasteiger charge is 2.17. The summed E-state index contributed by atoms with van der Waals surface area (Å²) in [5.74, 6) is 0.674. The Morgan fingerprint density at radius 3 is 2.61 bits per heavy atom. The standard InChI is InChI=1S/C25H27N7O/c1-17-15-18(7-8-21(17)31-13-11-30(2)12-14-31)28-25-27-10-9-23(29-25)32-16-20(24(26)33)19-5-3-4-6-22(19)32/h3-10,15-16H,11-14H2,1-2H3,(H2,26,33)(H,27,28,29). The van der Waals surface area contributed by atoms with Gasteiger partial charge in [-0.15, -0.1) is 0 Å². The molecule has 0 aliphatic carbocycles. The average molecular weight is 442 g/mol. The van der Waals surface area contributed by atoms with E-state index < -0.39 is 5.91 Å². The van der Waals surface area contributed by atoms with Gasteiger partial charge in [-0.3, -0.25) is 4.79 Å². The summed E-state index contributed by atoms with van der Waals surface area (Å²) < 4.78 is 1.87. The third-order valence-electron chi connectivity index (χ3n) is 6.16. The summed E-state index contributed by atoms with van der Waals surface area (Å²) in [5, 5.41) is 4.12. The zero-order valence-corrected chi connectivity index (χ0v) is 18.8. The van der Waals surface area contributed by atoms with Crippen LogP contribution in [0.2, 0.25) is 0 Å². The van der Waals surface area contributed by atoms with E-state index in [0.29, 0.717) is 17.3 Å². The Balaban J connectivity index is 1.41. The lowest BCUT2D eigenvalue weighted by molar-refractivity contribution is 0.100. The van der Waals surface area contributed by atoms with Crippen LogP contribution in [0.5, 0.6) is 0 Å². The first-order valence-corrected chi connectivity index (χ1v) is 11.0. The summed E-state index contributed by atoms with van der Waals surface area (Å²) in [6.45, 7) is 6.35. The molecule has 4 aromatic rings. The van der Waals surface area contributed by atoms with Crippen molar-refractivity contribution >= 4 is 34.1 Å². The Bertz CT molecular complexity index is 1320. The van der Waals surface area contributed by atoms with Gasteiger partial charge in [-0.25, -0.2) is 4.98 Å². The lowest BCUT2D eigenvalue weighted by atomic mass is 10.1. The quantitative estimate of drug-likeness (QED) is 0.494. The number of carbonyl (C=O) groups excluding carboxylic acids is 1. The highest BCUT2D eigenvalue weighted by molar-refractivity contribution is 6.06. The van der Waals surface area contributed by atoms with E-state index in [0.717, 1.165) is 42.8 Å². The number of amides is 1. The number of likely N-dealkylation sites (N-methyl/N-ethyl adjacent to an activating group) is 1. The molecule has 1 aliphatic rings. The third-order valence-corrected chi connectivity index (χ3v) is 6.16. The molecule has 5 rings (SSSR count). The number of nitrogens with two attached hydrogens (primary N) is 1. The van der Waals surface area contributed by atoms with Gasteiger partial charge in [0, 0.05) is 55.3 Å². The second-order valence-corrected chi connectivity index (χ2v) is 8.45. The summed E-state index contributed by atoms with van der Waals surface area (Å²) >= 11 is 0. The van der Waals surface area contributed by atoms with E-state index in [1.165, 1.54) is 11.3 Å². The van der Waals surface area contributed by atoms with E-state index in [1.54, 1.807) is 12.4 Å². The topological polar surface area (TPSA) is 92.3 Å². The molecule has 1 saturated heterocycles. The Morgan fingerprint density at radius 1 is 1.06 bits per heavy atom. The van der Waals surface area contributed by atoms with Crippen molar-refractivity contribution in [2.75, 3.05) is 43.4 Å². The van der Waals surface area contributed by atoms with Crippen LogP contribution >= 0.6 is 0 Å². The number of primary amides is 1. The van der Waals surface area contributed by atoms with E-state index >= 15 is 0 Å². The minimum atomic E-state index is -0.465. The number of nitrogens with one attached hydrogen (secondary N) is 1. The summed E-state index contributed by atoms with van der Waals surface area (Å²) in [6, 6.07) is 15.8. The highest BCUT2D eigenvalue weighted by Crippen LogP contribution is 2.27. The van der Waals surface area contributed by atoms with Crippen molar-refractivity contribution in [1.82, 2.24) is 19.4 Å². The monoisotopic (exact) mass is 441 g/mol. The van der Waals surface area contributed by atoms with Crippen LogP contribution in [0.15, 0.2) is 60.9 Å². The van der Waals surface area contributed by atoms with Gasteiger partial charge in [-0.2, -0.15) is 4.98 Å². The largest absolute Gasteiger partial charge is 0.369 e. The number of rotatable bonds is 5. The number of carbonyl (C=O) groups is 1. The van der Waals surface area contributed by atoms with Gasteiger partial charge >= 0.3 is 0 Å². The molecule has 0 atom stereocenters. The average Bonchev–Trinajstić information content (AvgIpc) is 3.20. The van der Waals surface area contributed by atoms with Gasteiger partial charge in [0.1, 0.15) is 5.82 Å². The van der Waals surface area contributed by atoms with Crippen molar-refractivity contribution in [3.05, 3.63) is 72.1 Å². The van der Waals surface area contributed by atoms with E-state index in [2.05, 4.69) is 57.3 Å². The number of aromatic nitrogens is 3. The summed E-state index contributed by atoms with van der Waals surface area (Å²) in [6.07, 6.45) is 3.43. The molecule has 0 bridgehead atoms. The number of anilines is 3. The van der Waals surface area contributed by atoms with Gasteiger partial charge in [-0.1, -0.05) is 18.2 Å². The molecule has 0 saturated carbocycles. The van der Waals surface area contributed by atoms with Gasteiger partial charge in [0.05, 0.1) is 11.1 Å². The first-order chi connectivity index (χ1) is 16.0. The van der Waals surface area contributed by atoms with Crippen LogP contribution in [0.25, 0.3) is 16.7 Å². The second kappa shape index (κ2) is 8.55. The van der Waals surface area contributed by atoms with Crippen molar-refractivity contribution in [1.29, 1.82) is 0 Å². The normalized spacial score (nSPS) is 14.5. The minimum Gasteiger partial charge on any atom is -0.369 e. The van der Waals surface area contributed by atoms with Crippen LogP contribution in [0, 0.1) is 6.92 Å². The summed E-state index contributed by atoms with van der Waals surface area (Å²) in [5.41, 5.74) is 10.3. The SMILES string of the molecule is Cc1cc(Nc2nccc(-n3cc(C(N)=O)c4ccccc43)n2)ccc1N1CCN(C)CC1. The number of hydrogen-bond acceptors (Lipinski definition) is 6. The molecule has 0 spiro atoms. The Morgan fingerprint density at radius 2 is 1.85 bits per heavy atom. The van der Waals surface area contributed by atoms with Crippen molar-refractivity contribution < 1.29 is 4.79 Å². The molecule has 2 aromatic carbocycles. The molecule has 168 valence electrons. The van der Waals surface area contributed by atoms with Crippen LogP contribution in [-0.4, -0.2) is 58.6 Å². The molecule has 33 heavy (non-hydrogen) atoms. The maximum absolute atomic E-state index is 11.9. The van der Waals surface area contributed by atoms with Gasteiger partial charge in [0.25, 0.3) is 5.91 Å². The molecule has 3 N–H and O–H groups in total. The van der Waals surface area contributed by atoms with Crippen LogP contribution in [0.1, 0.15) is 15.9 Å². The zero-order valence-electron chi connectivity index (χ0n) is 18.8. The Hall–Kier alpha value is -3.91. The highest BCUT2D eigenvalue weighted by atomic mass is 16.1. The van der Waals surface area contributed by atoms with Crippen molar-refractivity contribution in [3.8, 4) is 5.82 Å². The zero-order chi connectivity index (χ0) is 22.9. The molecule has 1 fully saturated rings. The fourth-order valence-electron chi connectivity index (χ4n) is 4.37. The maximum Gasteiger partial charge on any atom is 0.250 e. The van der Waals surface area contributed by atoms with Crippen LogP contribution in [0.4, 0.5) is 17.3 Å². The van der Waals surface area contributed by atoms with Crippen LogP contribution in [-0.2, 0) is 0 Å². The number of piperazine rings is 1. The lowest BCUT2D eigenvalue weighted by Crippen LogP contribution is -2.44. The number of nitrogens with zero attached hydrogens (tertiary/aromatic N) is 5. The summed E-state index contributed by atoms with van der Waals surface area (Å²) in [7, 11) is 2.16. The smallest absolute Gasteiger partial charge is 0.250 e. The molecule has 2 aromatic heterocycles. The van der Waals surface area contributed by atoms with E-state index in [-0.39, 0.29) is 0 Å². The fourth-order valence-corrected chi connectivity index (χ4v) is 4.37. The first kappa shape index (κ1) is 21.0. The molecule has 0 unspecified atom stereocenters. The predicted octanol–water partition coefficient (Wildman–Crippen LogP) is 3.32. The van der Waals surface area contributed by atoms with Crippen molar-refractivity contribution in [2.45, 2.75) is 6.92 Å². The van der Waals surface area contributed by atoms with Crippen molar-refractivity contribution in [2.24, 2.45) is 5.73 Å². The number of para-hydroxylation sites is 1. The number of aryl methyl sites for hydroxylation is 1. The predicted molar refractivity (Wildman–Crippen MR) is 132 cm³/mol. The summed E-state index contributed by atoms with van der Waals surface area (Å²) in [4.78, 5) is 25.8. The minimum absolute atomic E-state index is 0.465. The van der Waals surface area contributed by atoms with E-state index in [1.807, 2.05) is 34.9 Å². The number of hydrogen-bond donors (Lipinski definition) is 2. The maximum atomic E-state index is 11.9. The van der Waals surface area contributed by atoms with Crippen LogP contribution in [0.3, 0.4) is 0 Å². The molecule has 8 heteroatoms. The molecular formula is C25H27N7O. The van der Waals surface area contributed by atoms with Gasteiger partial charge < -0.3 is 25.4 Å². The lowest BCUT2D eigenvalue weighted by Gasteiger charge is -2.35. The van der Waals surface area contributed by atoms with Crippen LogP contribution < -0.4 is 16.0 Å². The second-order valence-electron chi connectivity index (χ2n) is 8.45. The number of benzene rings is 2. The molecule has 1 aliphatic heterocycles. The van der Waals surface area contributed by atoms with E-state index in [9.17, 15) is 4.79 Å². The molecule has 0 radical (unpaired) electrons. The Labute approximate surface area is 192 Å². The first-order valence-electron chi connectivity index (χ1n) is 11.0. The molecule has 8 nitrogen and oxygen atoms in total. The van der Waals surface area contributed by atoms with Gasteiger partial charge in [-0.05, 0) is 49.9 Å². The molecule has 3 heterocycles. The fraction of sp³-hybridized carbons (Fsp3) is 0.240. The molecule has 1 amide bonds. The van der Waals surface area contributed by atoms with E-state index in [4.69, 9.17) is 5.73 Å². The van der Waals surface area contributed by atoms with Gasteiger partial charge in [0.15, 0.2) is 0 Å².